The Morgan fingerprint density at radius 3 is 2.57 bits per heavy atom. The first kappa shape index (κ1) is 21.9. The second-order valence-corrected chi connectivity index (χ2v) is 6.69. The highest BCUT2D eigenvalue weighted by Gasteiger charge is 2.34. The summed E-state index contributed by atoms with van der Waals surface area (Å²) in [5.41, 5.74) is -1.55. The maximum Gasteiger partial charge on any atom is 0.418 e. The molecule has 0 aliphatic heterocycles. The number of halogens is 6. The second-order valence-electron chi connectivity index (χ2n) is 5.34. The average Bonchev–Trinajstić information content (AvgIpc) is 2.61. The Balaban J connectivity index is 1.97. The Hall–Kier alpha value is -2.39. The molecule has 0 bridgehead atoms. The first-order valence-corrected chi connectivity index (χ1v) is 8.70. The van der Waals surface area contributed by atoms with E-state index in [9.17, 15) is 27.2 Å². The van der Waals surface area contributed by atoms with Gasteiger partial charge in [-0.2, -0.15) is 13.2 Å². The maximum atomic E-state index is 13.5. The van der Waals surface area contributed by atoms with Crippen LogP contribution in [0.15, 0.2) is 46.9 Å². The van der Waals surface area contributed by atoms with Crippen LogP contribution in [0.1, 0.15) is 11.1 Å². The highest BCUT2D eigenvalue weighted by Crippen LogP contribution is 2.36. The standard InChI is InChI=1S/C18H11BrClF4NO3/c19-11-2-4-14(21)10(7-11)1-6-17(27)28-9-16(26)25-15-5-3-12(20)8-13(15)18(22,23)24/h1-8H,9H2,(H,25,26)/b6-1+. The average molecular weight is 481 g/mol. The third kappa shape index (κ3) is 6.35. The SMILES string of the molecule is O=C(COC(=O)/C=C/c1cc(Br)ccc1F)Nc1ccc(Cl)cc1C(F)(F)F. The van der Waals surface area contributed by atoms with Crippen molar-refractivity contribution in [2.75, 3.05) is 11.9 Å². The van der Waals surface area contributed by atoms with Gasteiger partial charge in [-0.3, -0.25) is 4.79 Å². The van der Waals surface area contributed by atoms with Crippen molar-refractivity contribution in [2.45, 2.75) is 6.18 Å². The van der Waals surface area contributed by atoms with Crippen LogP contribution in [-0.2, 0) is 20.5 Å². The van der Waals surface area contributed by atoms with Crippen molar-refractivity contribution in [3.63, 3.8) is 0 Å². The molecule has 2 aromatic rings. The molecule has 0 radical (unpaired) electrons. The van der Waals surface area contributed by atoms with E-state index in [1.165, 1.54) is 24.3 Å². The number of carbonyl (C=O) groups is 2. The van der Waals surface area contributed by atoms with Gasteiger partial charge in [-0.15, -0.1) is 0 Å². The molecule has 2 rings (SSSR count). The Morgan fingerprint density at radius 2 is 1.89 bits per heavy atom. The maximum absolute atomic E-state index is 13.5. The first-order valence-electron chi connectivity index (χ1n) is 7.53. The summed E-state index contributed by atoms with van der Waals surface area (Å²) >= 11 is 8.70. The van der Waals surface area contributed by atoms with E-state index in [0.717, 1.165) is 18.2 Å². The molecule has 0 heterocycles. The van der Waals surface area contributed by atoms with E-state index >= 15 is 0 Å². The summed E-state index contributed by atoms with van der Waals surface area (Å²) in [5, 5.41) is 1.85. The molecule has 148 valence electrons. The van der Waals surface area contributed by atoms with E-state index in [1.54, 1.807) is 0 Å². The van der Waals surface area contributed by atoms with E-state index in [4.69, 9.17) is 11.6 Å². The molecule has 0 aliphatic carbocycles. The lowest BCUT2D eigenvalue weighted by Gasteiger charge is -2.14. The fourth-order valence-electron chi connectivity index (χ4n) is 2.03. The van der Waals surface area contributed by atoms with Crippen LogP contribution in [-0.4, -0.2) is 18.5 Å². The van der Waals surface area contributed by atoms with E-state index in [2.05, 4.69) is 20.7 Å². The molecule has 0 unspecified atom stereocenters. The molecule has 1 N–H and O–H groups in total. The summed E-state index contributed by atoms with van der Waals surface area (Å²) in [6, 6.07) is 6.91. The normalized spacial score (nSPS) is 11.5. The summed E-state index contributed by atoms with van der Waals surface area (Å²) in [6.45, 7) is -0.829. The van der Waals surface area contributed by atoms with Crippen molar-refractivity contribution >= 4 is 51.2 Å². The molecule has 28 heavy (non-hydrogen) atoms. The fourth-order valence-corrected chi connectivity index (χ4v) is 2.58. The van der Waals surface area contributed by atoms with Crippen LogP contribution in [0.2, 0.25) is 5.02 Å². The number of hydrogen-bond donors (Lipinski definition) is 1. The van der Waals surface area contributed by atoms with Crippen LogP contribution >= 0.6 is 27.5 Å². The van der Waals surface area contributed by atoms with Crippen LogP contribution < -0.4 is 5.32 Å². The number of esters is 1. The lowest BCUT2D eigenvalue weighted by molar-refractivity contribution is -0.142. The van der Waals surface area contributed by atoms with Crippen molar-refractivity contribution in [3.8, 4) is 0 Å². The molecule has 0 atom stereocenters. The van der Waals surface area contributed by atoms with Gasteiger partial charge in [0.2, 0.25) is 0 Å². The Kier molecular flexibility index (Phi) is 7.20. The third-order valence-corrected chi connectivity index (χ3v) is 3.99. The van der Waals surface area contributed by atoms with Crippen LogP contribution in [0.4, 0.5) is 23.2 Å². The van der Waals surface area contributed by atoms with E-state index < -0.39 is 41.7 Å². The number of anilines is 1. The highest BCUT2D eigenvalue weighted by atomic mass is 79.9. The van der Waals surface area contributed by atoms with E-state index in [1.807, 2.05) is 5.32 Å². The number of ether oxygens (including phenoxy) is 1. The van der Waals surface area contributed by atoms with Gasteiger partial charge < -0.3 is 10.1 Å². The van der Waals surface area contributed by atoms with Gasteiger partial charge in [0.25, 0.3) is 5.91 Å². The minimum atomic E-state index is -4.74. The molecule has 0 aliphatic rings. The largest absolute Gasteiger partial charge is 0.452 e. The minimum absolute atomic E-state index is 0.103. The number of hydrogen-bond acceptors (Lipinski definition) is 3. The number of nitrogens with one attached hydrogen (secondary N) is 1. The van der Waals surface area contributed by atoms with Crippen molar-refractivity contribution in [3.05, 3.63) is 68.9 Å². The molecule has 4 nitrogen and oxygen atoms in total. The number of benzene rings is 2. The molecule has 0 saturated carbocycles. The number of rotatable bonds is 5. The summed E-state index contributed by atoms with van der Waals surface area (Å²) in [4.78, 5) is 23.4. The van der Waals surface area contributed by atoms with E-state index in [-0.39, 0.29) is 10.6 Å². The van der Waals surface area contributed by atoms with Gasteiger partial charge in [-0.25, -0.2) is 9.18 Å². The molecule has 0 spiro atoms. The van der Waals surface area contributed by atoms with Gasteiger partial charge in [0.05, 0.1) is 11.3 Å². The van der Waals surface area contributed by atoms with Gasteiger partial charge in [0, 0.05) is 21.1 Å². The lowest BCUT2D eigenvalue weighted by Crippen LogP contribution is -2.22. The molecule has 0 aromatic heterocycles. The molecular weight excluding hydrogens is 470 g/mol. The molecular formula is C18H11BrClF4NO3. The molecule has 0 saturated heterocycles. The van der Waals surface area contributed by atoms with Crippen LogP contribution in [0, 0.1) is 5.82 Å². The summed E-state index contributed by atoms with van der Waals surface area (Å²) in [6.07, 6.45) is -2.70. The van der Waals surface area contributed by atoms with Crippen molar-refractivity contribution in [1.29, 1.82) is 0 Å². The first-order chi connectivity index (χ1) is 13.1. The zero-order valence-corrected chi connectivity index (χ0v) is 16.2. The predicted molar refractivity (Wildman–Crippen MR) is 99.2 cm³/mol. The summed E-state index contributed by atoms with van der Waals surface area (Å²) < 4.78 is 57.7. The summed E-state index contributed by atoms with van der Waals surface area (Å²) in [5.74, 6) is -2.53. The Labute approximate surface area is 170 Å². The molecule has 10 heteroatoms. The van der Waals surface area contributed by atoms with Crippen molar-refractivity contribution in [1.82, 2.24) is 0 Å². The Morgan fingerprint density at radius 1 is 1.18 bits per heavy atom. The zero-order valence-electron chi connectivity index (χ0n) is 13.8. The van der Waals surface area contributed by atoms with Gasteiger partial charge in [-0.05, 0) is 42.5 Å². The third-order valence-electron chi connectivity index (χ3n) is 3.26. The summed E-state index contributed by atoms with van der Waals surface area (Å²) in [7, 11) is 0. The van der Waals surface area contributed by atoms with Crippen LogP contribution in [0.25, 0.3) is 6.08 Å². The van der Waals surface area contributed by atoms with Gasteiger partial charge >= 0.3 is 12.1 Å². The van der Waals surface area contributed by atoms with Crippen molar-refractivity contribution < 1.29 is 31.9 Å². The van der Waals surface area contributed by atoms with Gasteiger partial charge in [0.1, 0.15) is 5.82 Å². The predicted octanol–water partition coefficient (Wildman–Crippen LogP) is 5.46. The quantitative estimate of drug-likeness (QED) is 0.351. The van der Waals surface area contributed by atoms with Crippen molar-refractivity contribution in [2.24, 2.45) is 0 Å². The topological polar surface area (TPSA) is 55.4 Å². The molecule has 1 amide bonds. The van der Waals surface area contributed by atoms with Gasteiger partial charge in [0.15, 0.2) is 6.61 Å². The number of carbonyl (C=O) groups excluding carboxylic acids is 2. The fraction of sp³-hybridized carbons (Fsp3) is 0.111. The monoisotopic (exact) mass is 479 g/mol. The smallest absolute Gasteiger partial charge is 0.418 e. The van der Waals surface area contributed by atoms with Crippen LogP contribution in [0.3, 0.4) is 0 Å². The number of amides is 1. The molecule has 2 aromatic carbocycles. The van der Waals surface area contributed by atoms with Crippen LogP contribution in [0.5, 0.6) is 0 Å². The van der Waals surface area contributed by atoms with E-state index in [0.29, 0.717) is 10.5 Å². The minimum Gasteiger partial charge on any atom is -0.452 e. The number of alkyl halides is 3. The zero-order chi connectivity index (χ0) is 20.9. The molecule has 0 fully saturated rings. The van der Waals surface area contributed by atoms with Gasteiger partial charge in [-0.1, -0.05) is 27.5 Å². The lowest BCUT2D eigenvalue weighted by atomic mass is 10.1. The second kappa shape index (κ2) is 9.20. The highest BCUT2D eigenvalue weighted by molar-refractivity contribution is 9.10. The Bertz CT molecular complexity index is 932.